The van der Waals surface area contributed by atoms with Gasteiger partial charge in [0, 0.05) is 31.4 Å². The Labute approximate surface area is 87.7 Å². The molecule has 1 N–H and O–H groups in total. The predicted octanol–water partition coefficient (Wildman–Crippen LogP) is 1.95. The third kappa shape index (κ3) is 1.49. The van der Waals surface area contributed by atoms with Gasteiger partial charge in [-0.3, -0.25) is 0 Å². The molecule has 0 spiro atoms. The predicted molar refractivity (Wildman–Crippen MR) is 58.5 cm³/mol. The molecule has 14 heavy (non-hydrogen) atoms. The van der Waals surface area contributed by atoms with Crippen molar-refractivity contribution < 1.29 is 0 Å². The summed E-state index contributed by atoms with van der Waals surface area (Å²) in [5.74, 6) is 0. The lowest BCUT2D eigenvalue weighted by Crippen LogP contribution is -2.05. The van der Waals surface area contributed by atoms with E-state index in [4.69, 9.17) is 11.6 Å². The fourth-order valence-corrected chi connectivity index (χ4v) is 1.84. The molecule has 0 atom stereocenters. The molecule has 0 radical (unpaired) electrons. The van der Waals surface area contributed by atoms with E-state index in [1.807, 2.05) is 31.1 Å². The van der Waals surface area contributed by atoms with E-state index in [-0.39, 0.29) is 0 Å². The van der Waals surface area contributed by atoms with Crippen LogP contribution in [0, 0.1) is 0 Å². The summed E-state index contributed by atoms with van der Waals surface area (Å²) >= 11 is 6.07. The number of aryl methyl sites for hydroxylation is 1. The summed E-state index contributed by atoms with van der Waals surface area (Å²) in [6, 6.07) is 2.07. The van der Waals surface area contributed by atoms with Gasteiger partial charge in [-0.1, -0.05) is 11.6 Å². The molecule has 3 nitrogen and oxygen atoms in total. The average Bonchev–Trinajstić information content (AvgIpc) is 2.43. The number of nitrogens with zero attached hydrogens (tertiary/aromatic N) is 2. The summed E-state index contributed by atoms with van der Waals surface area (Å²) in [7, 11) is 3.86. The first-order valence-electron chi connectivity index (χ1n) is 4.46. The van der Waals surface area contributed by atoms with Crippen molar-refractivity contribution >= 4 is 22.6 Å². The number of nitrogens with one attached hydrogen (secondary N) is 1. The highest BCUT2D eigenvalue weighted by Crippen LogP contribution is 2.23. The van der Waals surface area contributed by atoms with Crippen LogP contribution >= 0.6 is 11.6 Å². The molecule has 2 heterocycles. The summed E-state index contributed by atoms with van der Waals surface area (Å²) in [4.78, 5) is 4.36. The zero-order valence-corrected chi connectivity index (χ0v) is 8.97. The van der Waals surface area contributed by atoms with Crippen molar-refractivity contribution in [2.45, 2.75) is 6.54 Å². The van der Waals surface area contributed by atoms with Crippen LogP contribution in [-0.4, -0.2) is 16.6 Å². The molecule has 0 aromatic carbocycles. The van der Waals surface area contributed by atoms with E-state index in [0.717, 1.165) is 28.2 Å². The monoisotopic (exact) mass is 209 g/mol. The minimum atomic E-state index is 0.757. The Morgan fingerprint density at radius 3 is 3.07 bits per heavy atom. The summed E-state index contributed by atoms with van der Waals surface area (Å²) < 4.78 is 1.93. The minimum absolute atomic E-state index is 0.757. The molecular formula is C10H12ClN3. The van der Waals surface area contributed by atoms with E-state index in [1.165, 1.54) is 0 Å². The Morgan fingerprint density at radius 2 is 2.36 bits per heavy atom. The van der Waals surface area contributed by atoms with Crippen molar-refractivity contribution in [1.82, 2.24) is 14.9 Å². The Kier molecular flexibility index (Phi) is 2.44. The van der Waals surface area contributed by atoms with Gasteiger partial charge >= 0.3 is 0 Å². The molecule has 0 unspecified atom stereocenters. The number of hydrogen-bond donors (Lipinski definition) is 1. The number of fused-ring (bicyclic) bond motifs is 1. The second-order valence-corrected chi connectivity index (χ2v) is 3.74. The smallest absolute Gasteiger partial charge is 0.141 e. The van der Waals surface area contributed by atoms with Crippen molar-refractivity contribution in [3.8, 4) is 0 Å². The zero-order chi connectivity index (χ0) is 10.1. The van der Waals surface area contributed by atoms with Gasteiger partial charge in [0.2, 0.25) is 0 Å². The molecule has 0 bridgehead atoms. The third-order valence-corrected chi connectivity index (χ3v) is 2.50. The number of halogens is 1. The molecule has 74 valence electrons. The maximum absolute atomic E-state index is 6.07. The van der Waals surface area contributed by atoms with Gasteiger partial charge in [0.25, 0.3) is 0 Å². The van der Waals surface area contributed by atoms with Gasteiger partial charge in [-0.2, -0.15) is 0 Å². The van der Waals surface area contributed by atoms with Crippen LogP contribution in [0.2, 0.25) is 5.02 Å². The second-order valence-electron chi connectivity index (χ2n) is 3.33. The number of pyridine rings is 1. The first-order valence-corrected chi connectivity index (χ1v) is 4.84. The number of hydrogen-bond acceptors (Lipinski definition) is 2. The van der Waals surface area contributed by atoms with Gasteiger partial charge in [-0.25, -0.2) is 4.98 Å². The lowest BCUT2D eigenvalue weighted by molar-refractivity contribution is 0.814. The van der Waals surface area contributed by atoms with Gasteiger partial charge in [0.1, 0.15) is 5.65 Å². The van der Waals surface area contributed by atoms with E-state index >= 15 is 0 Å². The first kappa shape index (κ1) is 9.49. The van der Waals surface area contributed by atoms with Crippen molar-refractivity contribution in [2.24, 2.45) is 7.05 Å². The highest BCUT2D eigenvalue weighted by molar-refractivity contribution is 6.35. The summed E-state index contributed by atoms with van der Waals surface area (Å²) in [5, 5.41) is 4.86. The molecule has 4 heteroatoms. The SMILES string of the molecule is CNCc1cnc2c(c1)c(Cl)cn2C. The lowest BCUT2D eigenvalue weighted by Gasteiger charge is -2.00. The molecule has 0 aliphatic rings. The van der Waals surface area contributed by atoms with Crippen LogP contribution in [0.3, 0.4) is 0 Å². The topological polar surface area (TPSA) is 29.9 Å². The minimum Gasteiger partial charge on any atom is -0.334 e. The van der Waals surface area contributed by atoms with Crippen LogP contribution < -0.4 is 5.32 Å². The maximum atomic E-state index is 6.07. The van der Waals surface area contributed by atoms with Gasteiger partial charge in [0.05, 0.1) is 5.02 Å². The van der Waals surface area contributed by atoms with Gasteiger partial charge in [-0.15, -0.1) is 0 Å². The van der Waals surface area contributed by atoms with E-state index in [0.29, 0.717) is 0 Å². The van der Waals surface area contributed by atoms with Crippen molar-refractivity contribution in [3.63, 3.8) is 0 Å². The van der Waals surface area contributed by atoms with Crippen LogP contribution in [0.5, 0.6) is 0 Å². The van der Waals surface area contributed by atoms with E-state index in [9.17, 15) is 0 Å². The average molecular weight is 210 g/mol. The van der Waals surface area contributed by atoms with Gasteiger partial charge in [0.15, 0.2) is 0 Å². The summed E-state index contributed by atoms with van der Waals surface area (Å²) in [6.45, 7) is 0.814. The molecule has 0 fully saturated rings. The molecule has 0 aliphatic heterocycles. The standard InChI is InChI=1S/C10H12ClN3/c1-12-4-7-3-8-9(11)6-14(2)10(8)13-5-7/h3,5-6,12H,4H2,1-2H3. The molecule has 2 aromatic heterocycles. The van der Waals surface area contributed by atoms with Crippen LogP contribution in [0.15, 0.2) is 18.5 Å². The molecule has 0 aliphatic carbocycles. The fraction of sp³-hybridized carbons (Fsp3) is 0.300. The second kappa shape index (κ2) is 3.59. The highest BCUT2D eigenvalue weighted by Gasteiger charge is 2.05. The fourth-order valence-electron chi connectivity index (χ4n) is 1.56. The Balaban J connectivity index is 2.59. The Hall–Kier alpha value is -1.06. The quantitative estimate of drug-likeness (QED) is 0.820. The molecule has 0 saturated carbocycles. The van der Waals surface area contributed by atoms with Crippen molar-refractivity contribution in [1.29, 1.82) is 0 Å². The number of rotatable bonds is 2. The highest BCUT2D eigenvalue weighted by atomic mass is 35.5. The normalized spacial score (nSPS) is 11.1. The van der Waals surface area contributed by atoms with Gasteiger partial charge in [-0.05, 0) is 18.7 Å². The largest absolute Gasteiger partial charge is 0.334 e. The Morgan fingerprint density at radius 1 is 1.57 bits per heavy atom. The zero-order valence-electron chi connectivity index (χ0n) is 8.21. The summed E-state index contributed by atoms with van der Waals surface area (Å²) in [6.07, 6.45) is 3.75. The summed E-state index contributed by atoms with van der Waals surface area (Å²) in [5.41, 5.74) is 2.07. The first-order chi connectivity index (χ1) is 6.72. The molecule has 2 aromatic rings. The van der Waals surface area contributed by atoms with E-state index < -0.39 is 0 Å². The van der Waals surface area contributed by atoms with Crippen LogP contribution in [0.1, 0.15) is 5.56 Å². The molecule has 2 rings (SSSR count). The third-order valence-electron chi connectivity index (χ3n) is 2.20. The molecule has 0 amide bonds. The van der Waals surface area contributed by atoms with Crippen LogP contribution in [0.25, 0.3) is 11.0 Å². The maximum Gasteiger partial charge on any atom is 0.141 e. The Bertz CT molecular complexity index is 462. The van der Waals surface area contributed by atoms with Crippen molar-refractivity contribution in [2.75, 3.05) is 7.05 Å². The molecule has 0 saturated heterocycles. The van der Waals surface area contributed by atoms with E-state index in [2.05, 4.69) is 16.4 Å². The van der Waals surface area contributed by atoms with Crippen LogP contribution in [-0.2, 0) is 13.6 Å². The van der Waals surface area contributed by atoms with Crippen LogP contribution in [0.4, 0.5) is 0 Å². The number of aromatic nitrogens is 2. The van der Waals surface area contributed by atoms with E-state index in [1.54, 1.807) is 0 Å². The lowest BCUT2D eigenvalue weighted by atomic mass is 10.2. The van der Waals surface area contributed by atoms with Crippen molar-refractivity contribution in [3.05, 3.63) is 29.0 Å². The molecular weight excluding hydrogens is 198 g/mol. The van der Waals surface area contributed by atoms with Gasteiger partial charge < -0.3 is 9.88 Å².